The Hall–Kier alpha value is -1.62. The van der Waals surface area contributed by atoms with Gasteiger partial charge >= 0.3 is 16.1 Å². The summed E-state index contributed by atoms with van der Waals surface area (Å²) in [6.45, 7) is 4.94. The molecule has 0 unspecified atom stereocenters. The summed E-state index contributed by atoms with van der Waals surface area (Å²) in [5.41, 5.74) is 0.920. The lowest BCUT2D eigenvalue weighted by molar-refractivity contribution is -0.128. The number of benzene rings is 1. The summed E-state index contributed by atoms with van der Waals surface area (Å²) < 4.78 is 27.1. The molecule has 1 aromatic carbocycles. The van der Waals surface area contributed by atoms with Crippen LogP contribution in [0.4, 0.5) is 0 Å². The molecule has 0 atom stereocenters. The van der Waals surface area contributed by atoms with Crippen LogP contribution in [0.5, 0.6) is 0 Å². The molecule has 5 heteroatoms. The van der Waals surface area contributed by atoms with Crippen molar-refractivity contribution in [1.82, 2.24) is 0 Å². The molecule has 0 N–H and O–H groups in total. The third-order valence-corrected chi connectivity index (χ3v) is 2.90. The Kier molecular flexibility index (Phi) is 3.26. The van der Waals surface area contributed by atoms with Crippen molar-refractivity contribution in [2.24, 2.45) is 0 Å². The molecule has 0 spiro atoms. The van der Waals surface area contributed by atoms with Crippen LogP contribution < -0.4 is 0 Å². The monoisotopic (exact) mass is 226 g/mol. The van der Waals surface area contributed by atoms with Gasteiger partial charge in [0, 0.05) is 6.08 Å². The lowest BCUT2D eigenvalue weighted by Gasteiger charge is -2.03. The maximum Gasteiger partial charge on any atom is 0.346 e. The van der Waals surface area contributed by atoms with Crippen LogP contribution in [-0.4, -0.2) is 14.4 Å². The average Bonchev–Trinajstić information content (AvgIpc) is 2.17. The number of hydrogen-bond donors (Lipinski definition) is 0. The van der Waals surface area contributed by atoms with Gasteiger partial charge in [0.25, 0.3) is 0 Å². The molecule has 0 radical (unpaired) electrons. The van der Waals surface area contributed by atoms with Gasteiger partial charge in [-0.1, -0.05) is 24.3 Å². The van der Waals surface area contributed by atoms with E-state index < -0.39 is 16.1 Å². The third kappa shape index (κ3) is 2.92. The molecular formula is C10H10O4S. The second kappa shape index (κ2) is 4.27. The van der Waals surface area contributed by atoms with E-state index in [1.807, 2.05) is 6.92 Å². The fourth-order valence-electron chi connectivity index (χ4n) is 0.895. The summed E-state index contributed by atoms with van der Waals surface area (Å²) in [6, 6.07) is 5.99. The zero-order valence-electron chi connectivity index (χ0n) is 8.14. The Morgan fingerprint density at radius 1 is 1.33 bits per heavy atom. The Bertz CT molecular complexity index is 471. The fourth-order valence-corrected chi connectivity index (χ4v) is 1.75. The van der Waals surface area contributed by atoms with E-state index in [1.54, 1.807) is 12.1 Å². The number of carbonyl (C=O) groups is 1. The van der Waals surface area contributed by atoms with Gasteiger partial charge in [-0.3, -0.25) is 0 Å². The van der Waals surface area contributed by atoms with E-state index in [0.717, 1.165) is 11.6 Å². The lowest BCUT2D eigenvalue weighted by Crippen LogP contribution is -2.10. The van der Waals surface area contributed by atoms with Crippen molar-refractivity contribution < 1.29 is 17.4 Å². The van der Waals surface area contributed by atoms with Crippen LogP contribution in [0.3, 0.4) is 0 Å². The van der Waals surface area contributed by atoms with E-state index in [2.05, 4.69) is 10.8 Å². The first kappa shape index (κ1) is 11.5. The summed E-state index contributed by atoms with van der Waals surface area (Å²) in [5.74, 6) is -0.990. The SMILES string of the molecule is C=CC(=O)OS(=O)(=O)c1ccc(C)cc1. The summed E-state index contributed by atoms with van der Waals surface area (Å²) >= 11 is 0. The molecule has 0 amide bonds. The summed E-state index contributed by atoms with van der Waals surface area (Å²) in [4.78, 5) is 10.7. The highest BCUT2D eigenvalue weighted by molar-refractivity contribution is 7.87. The Balaban J connectivity index is 3.01. The van der Waals surface area contributed by atoms with E-state index >= 15 is 0 Å². The van der Waals surface area contributed by atoms with Crippen molar-refractivity contribution in [3.05, 3.63) is 42.5 Å². The van der Waals surface area contributed by atoms with Crippen molar-refractivity contribution in [2.75, 3.05) is 0 Å². The van der Waals surface area contributed by atoms with Gasteiger partial charge in [0.1, 0.15) is 4.90 Å². The first-order valence-corrected chi connectivity index (χ1v) is 5.54. The maximum atomic E-state index is 11.4. The molecule has 80 valence electrons. The van der Waals surface area contributed by atoms with Crippen LogP contribution in [0, 0.1) is 6.92 Å². The molecule has 0 fully saturated rings. The Morgan fingerprint density at radius 3 is 2.33 bits per heavy atom. The van der Waals surface area contributed by atoms with Crippen molar-refractivity contribution in [3.8, 4) is 0 Å². The molecule has 0 aliphatic rings. The normalized spacial score (nSPS) is 10.7. The minimum Gasteiger partial charge on any atom is -0.338 e. The largest absolute Gasteiger partial charge is 0.346 e. The quantitative estimate of drug-likeness (QED) is 0.577. The van der Waals surface area contributed by atoms with Gasteiger partial charge in [0.05, 0.1) is 0 Å². The maximum absolute atomic E-state index is 11.4. The second-order valence-corrected chi connectivity index (χ2v) is 4.42. The summed E-state index contributed by atoms with van der Waals surface area (Å²) in [6.07, 6.45) is 0.797. The average molecular weight is 226 g/mol. The highest BCUT2D eigenvalue weighted by Gasteiger charge is 2.17. The van der Waals surface area contributed by atoms with Crippen molar-refractivity contribution in [2.45, 2.75) is 11.8 Å². The highest BCUT2D eigenvalue weighted by atomic mass is 32.2. The molecule has 0 bridgehead atoms. The van der Waals surface area contributed by atoms with Crippen LogP contribution in [0.15, 0.2) is 41.8 Å². The topological polar surface area (TPSA) is 60.4 Å². The van der Waals surface area contributed by atoms with Gasteiger partial charge < -0.3 is 4.18 Å². The van der Waals surface area contributed by atoms with Gasteiger partial charge in [0.2, 0.25) is 0 Å². The van der Waals surface area contributed by atoms with Gasteiger partial charge in [0.15, 0.2) is 0 Å². The molecule has 1 aromatic rings. The first-order chi connectivity index (χ1) is 6.95. The standard InChI is InChI=1S/C10H10O4S/c1-3-10(11)14-15(12,13)9-6-4-8(2)5-7-9/h3-7H,1H2,2H3. The molecule has 4 nitrogen and oxygen atoms in total. The van der Waals surface area contributed by atoms with E-state index in [0.29, 0.717) is 0 Å². The highest BCUT2D eigenvalue weighted by Crippen LogP contribution is 2.13. The van der Waals surface area contributed by atoms with Crippen LogP contribution in [-0.2, 0) is 19.1 Å². The zero-order valence-corrected chi connectivity index (χ0v) is 8.95. The Labute approximate surface area is 88.3 Å². The zero-order chi connectivity index (χ0) is 11.5. The summed E-state index contributed by atoms with van der Waals surface area (Å²) in [5, 5.41) is 0. The fraction of sp³-hybridized carbons (Fsp3) is 0.100. The van der Waals surface area contributed by atoms with E-state index in [9.17, 15) is 13.2 Å². The molecule has 0 heterocycles. The van der Waals surface area contributed by atoms with E-state index in [-0.39, 0.29) is 4.90 Å². The molecular weight excluding hydrogens is 216 g/mol. The number of hydrogen-bond acceptors (Lipinski definition) is 4. The van der Waals surface area contributed by atoms with Crippen LogP contribution >= 0.6 is 0 Å². The molecule has 0 aliphatic heterocycles. The van der Waals surface area contributed by atoms with Gasteiger partial charge in [-0.05, 0) is 19.1 Å². The molecule has 0 aliphatic carbocycles. The van der Waals surface area contributed by atoms with Gasteiger partial charge in [-0.15, -0.1) is 0 Å². The Morgan fingerprint density at radius 2 is 1.87 bits per heavy atom. The van der Waals surface area contributed by atoms with Gasteiger partial charge in [-0.2, -0.15) is 8.42 Å². The lowest BCUT2D eigenvalue weighted by atomic mass is 10.2. The van der Waals surface area contributed by atoms with Crippen LogP contribution in [0.25, 0.3) is 0 Å². The second-order valence-electron chi connectivity index (χ2n) is 2.87. The number of aryl methyl sites for hydroxylation is 1. The molecule has 0 saturated carbocycles. The van der Waals surface area contributed by atoms with Crippen molar-refractivity contribution in [1.29, 1.82) is 0 Å². The third-order valence-electron chi connectivity index (χ3n) is 1.67. The van der Waals surface area contributed by atoms with Crippen molar-refractivity contribution in [3.63, 3.8) is 0 Å². The smallest absolute Gasteiger partial charge is 0.338 e. The van der Waals surface area contributed by atoms with Crippen LogP contribution in [0.2, 0.25) is 0 Å². The van der Waals surface area contributed by atoms with Crippen molar-refractivity contribution >= 4 is 16.1 Å². The van der Waals surface area contributed by atoms with E-state index in [4.69, 9.17) is 0 Å². The number of rotatable bonds is 3. The minimum absolute atomic E-state index is 0.0525. The van der Waals surface area contributed by atoms with Crippen LogP contribution in [0.1, 0.15) is 5.56 Å². The van der Waals surface area contributed by atoms with Gasteiger partial charge in [-0.25, -0.2) is 4.79 Å². The predicted molar refractivity (Wildman–Crippen MR) is 54.7 cm³/mol. The summed E-state index contributed by atoms with van der Waals surface area (Å²) in [7, 11) is -4.01. The minimum atomic E-state index is -4.01. The molecule has 15 heavy (non-hydrogen) atoms. The number of carbonyl (C=O) groups excluding carboxylic acids is 1. The molecule has 0 saturated heterocycles. The molecule has 1 rings (SSSR count). The van der Waals surface area contributed by atoms with E-state index in [1.165, 1.54) is 12.1 Å². The molecule has 0 aromatic heterocycles. The first-order valence-electron chi connectivity index (χ1n) is 4.13. The predicted octanol–water partition coefficient (Wildman–Crippen LogP) is 1.41.